The molecule has 2 aromatic carbocycles. The molecule has 1 amide bonds. The quantitative estimate of drug-likeness (QED) is 0.403. The van der Waals surface area contributed by atoms with E-state index in [4.69, 9.17) is 19.6 Å². The van der Waals surface area contributed by atoms with Gasteiger partial charge in [-0.2, -0.15) is 10.7 Å². The summed E-state index contributed by atoms with van der Waals surface area (Å²) in [5, 5.41) is 8.92. The van der Waals surface area contributed by atoms with Gasteiger partial charge < -0.3 is 9.47 Å². The lowest BCUT2D eigenvalue weighted by Gasteiger charge is -2.38. The average molecular weight is 452 g/mol. The van der Waals surface area contributed by atoms with Crippen LogP contribution in [0.3, 0.4) is 0 Å². The summed E-state index contributed by atoms with van der Waals surface area (Å²) < 4.78 is 11.0. The van der Waals surface area contributed by atoms with Crippen molar-refractivity contribution in [2.24, 2.45) is 0 Å². The van der Waals surface area contributed by atoms with Crippen molar-refractivity contribution >= 4 is 12.1 Å². The van der Waals surface area contributed by atoms with Crippen molar-refractivity contribution in [3.05, 3.63) is 65.7 Å². The van der Waals surface area contributed by atoms with Crippen LogP contribution in [0.5, 0.6) is 5.75 Å². The van der Waals surface area contributed by atoms with Crippen molar-refractivity contribution in [3.63, 3.8) is 0 Å². The number of hydrogen-bond acceptors (Lipinski definition) is 7. The molecule has 0 saturated carbocycles. The number of carbonyl (C=O) groups is 2. The SMILES string of the molecule is CC(C)(C)OC(=O)N1C[C@H](NOCc2ccccc2)CC[C@H]1C(=O)Oc1ccc(C#N)cc1. The zero-order valence-corrected chi connectivity index (χ0v) is 19.1. The Hall–Kier alpha value is -3.41. The summed E-state index contributed by atoms with van der Waals surface area (Å²) in [6, 6.07) is 17.0. The topological polar surface area (TPSA) is 101 Å². The molecule has 0 radical (unpaired) electrons. The van der Waals surface area contributed by atoms with Gasteiger partial charge in [0.05, 0.1) is 24.3 Å². The third-order valence-corrected chi connectivity index (χ3v) is 5.02. The first-order valence-corrected chi connectivity index (χ1v) is 10.9. The lowest BCUT2D eigenvalue weighted by molar-refractivity contribution is -0.142. The number of rotatable bonds is 6. The third kappa shape index (κ3) is 7.31. The van der Waals surface area contributed by atoms with E-state index in [0.717, 1.165) is 5.56 Å². The second-order valence-electron chi connectivity index (χ2n) is 8.87. The standard InChI is InChI=1S/C25H29N3O5/c1-25(2,3)33-24(30)28-16-20(27-31-17-19-7-5-4-6-8-19)11-14-22(28)23(29)32-21-12-9-18(15-26)10-13-21/h4-10,12-13,20,22,27H,11,14,16-17H2,1-3H3/t20-,22+/m1/s1. The largest absolute Gasteiger partial charge is 0.444 e. The van der Waals surface area contributed by atoms with Crippen LogP contribution >= 0.6 is 0 Å². The van der Waals surface area contributed by atoms with Crippen LogP contribution in [0.1, 0.15) is 44.7 Å². The van der Waals surface area contributed by atoms with E-state index < -0.39 is 23.7 Å². The van der Waals surface area contributed by atoms with Crippen LogP contribution in [0.2, 0.25) is 0 Å². The van der Waals surface area contributed by atoms with Crippen LogP contribution in [0.15, 0.2) is 54.6 Å². The fourth-order valence-corrected chi connectivity index (χ4v) is 3.43. The van der Waals surface area contributed by atoms with E-state index in [1.807, 2.05) is 36.4 Å². The minimum absolute atomic E-state index is 0.166. The predicted molar refractivity (Wildman–Crippen MR) is 121 cm³/mol. The van der Waals surface area contributed by atoms with Crippen LogP contribution < -0.4 is 10.2 Å². The summed E-state index contributed by atoms with van der Waals surface area (Å²) in [5.41, 5.74) is 3.79. The molecule has 1 saturated heterocycles. The highest BCUT2D eigenvalue weighted by atomic mass is 16.6. The lowest BCUT2D eigenvalue weighted by Crippen LogP contribution is -2.57. The number of nitriles is 1. The molecule has 33 heavy (non-hydrogen) atoms. The molecule has 1 aliphatic heterocycles. The summed E-state index contributed by atoms with van der Waals surface area (Å²) >= 11 is 0. The Morgan fingerprint density at radius 2 is 1.79 bits per heavy atom. The molecule has 1 heterocycles. The fraction of sp³-hybridized carbons (Fsp3) is 0.400. The Morgan fingerprint density at radius 3 is 2.42 bits per heavy atom. The molecule has 8 nitrogen and oxygen atoms in total. The molecule has 1 aliphatic rings. The number of hydrogen-bond donors (Lipinski definition) is 1. The summed E-state index contributed by atoms with van der Waals surface area (Å²) in [6.07, 6.45) is 0.418. The maximum Gasteiger partial charge on any atom is 0.411 e. The first-order valence-electron chi connectivity index (χ1n) is 10.9. The third-order valence-electron chi connectivity index (χ3n) is 5.02. The van der Waals surface area contributed by atoms with Gasteiger partial charge in [-0.1, -0.05) is 30.3 Å². The number of benzene rings is 2. The summed E-state index contributed by atoms with van der Waals surface area (Å²) in [4.78, 5) is 32.8. The van der Waals surface area contributed by atoms with Gasteiger partial charge >= 0.3 is 12.1 Å². The molecule has 0 unspecified atom stereocenters. The zero-order valence-electron chi connectivity index (χ0n) is 19.1. The van der Waals surface area contributed by atoms with E-state index in [0.29, 0.717) is 30.8 Å². The predicted octanol–water partition coefficient (Wildman–Crippen LogP) is 3.95. The van der Waals surface area contributed by atoms with Gasteiger partial charge in [0.25, 0.3) is 0 Å². The monoisotopic (exact) mass is 451 g/mol. The maximum atomic E-state index is 12.9. The van der Waals surface area contributed by atoms with Crippen molar-refractivity contribution in [2.75, 3.05) is 6.54 Å². The van der Waals surface area contributed by atoms with E-state index in [1.54, 1.807) is 45.0 Å². The van der Waals surface area contributed by atoms with Gasteiger partial charge in [-0.15, -0.1) is 0 Å². The molecule has 1 fully saturated rings. The maximum absolute atomic E-state index is 12.9. The normalized spacial score (nSPS) is 18.3. The van der Waals surface area contributed by atoms with Crippen molar-refractivity contribution < 1.29 is 23.9 Å². The number of ether oxygens (including phenoxy) is 2. The second kappa shape index (κ2) is 10.9. The Balaban J connectivity index is 1.65. The first kappa shape index (κ1) is 24.2. The number of likely N-dealkylation sites (tertiary alicyclic amines) is 1. The van der Waals surface area contributed by atoms with Gasteiger partial charge in [0.2, 0.25) is 0 Å². The van der Waals surface area contributed by atoms with Crippen molar-refractivity contribution in [1.82, 2.24) is 10.4 Å². The molecular formula is C25H29N3O5. The Morgan fingerprint density at radius 1 is 1.09 bits per heavy atom. The average Bonchev–Trinajstić information content (AvgIpc) is 2.79. The van der Waals surface area contributed by atoms with Gasteiger partial charge in [0.15, 0.2) is 0 Å². The summed E-state index contributed by atoms with van der Waals surface area (Å²) in [6.45, 7) is 5.94. The van der Waals surface area contributed by atoms with E-state index in [-0.39, 0.29) is 12.6 Å². The Bertz CT molecular complexity index is 980. The molecule has 3 rings (SSSR count). The molecule has 0 aliphatic carbocycles. The van der Waals surface area contributed by atoms with Gasteiger partial charge in [-0.05, 0) is 63.4 Å². The molecule has 0 bridgehead atoms. The van der Waals surface area contributed by atoms with Crippen LogP contribution in [0.25, 0.3) is 0 Å². The Kier molecular flexibility index (Phi) is 8.04. The molecule has 0 spiro atoms. The Labute approximate surface area is 194 Å². The number of carbonyl (C=O) groups excluding carboxylic acids is 2. The molecule has 0 aromatic heterocycles. The van der Waals surface area contributed by atoms with Crippen molar-refractivity contribution in [1.29, 1.82) is 5.26 Å². The lowest BCUT2D eigenvalue weighted by atomic mass is 9.99. The van der Waals surface area contributed by atoms with Crippen LogP contribution in [0, 0.1) is 11.3 Å². The van der Waals surface area contributed by atoms with E-state index in [9.17, 15) is 9.59 Å². The summed E-state index contributed by atoms with van der Waals surface area (Å²) in [7, 11) is 0. The summed E-state index contributed by atoms with van der Waals surface area (Å²) in [5.74, 6) is -0.233. The highest BCUT2D eigenvalue weighted by Gasteiger charge is 2.39. The van der Waals surface area contributed by atoms with Crippen LogP contribution in [0.4, 0.5) is 4.79 Å². The molecule has 2 aromatic rings. The van der Waals surface area contributed by atoms with Crippen molar-refractivity contribution in [2.45, 2.75) is 57.9 Å². The van der Waals surface area contributed by atoms with E-state index in [1.165, 1.54) is 4.90 Å². The fourth-order valence-electron chi connectivity index (χ4n) is 3.43. The minimum Gasteiger partial charge on any atom is -0.444 e. The molecule has 174 valence electrons. The number of amides is 1. The van der Waals surface area contributed by atoms with Gasteiger partial charge in [0.1, 0.15) is 17.4 Å². The van der Waals surface area contributed by atoms with Gasteiger partial charge in [-0.25, -0.2) is 9.59 Å². The molecule has 8 heteroatoms. The van der Waals surface area contributed by atoms with Crippen LogP contribution in [-0.4, -0.2) is 41.2 Å². The van der Waals surface area contributed by atoms with Gasteiger partial charge in [-0.3, -0.25) is 9.74 Å². The zero-order chi connectivity index (χ0) is 23.8. The number of nitrogens with one attached hydrogen (secondary N) is 1. The van der Waals surface area contributed by atoms with Crippen molar-refractivity contribution in [3.8, 4) is 11.8 Å². The minimum atomic E-state index is -0.789. The first-order chi connectivity index (χ1) is 15.7. The van der Waals surface area contributed by atoms with Gasteiger partial charge in [0, 0.05) is 6.54 Å². The smallest absolute Gasteiger partial charge is 0.411 e. The van der Waals surface area contributed by atoms with Crippen LogP contribution in [-0.2, 0) is 21.0 Å². The second-order valence-corrected chi connectivity index (χ2v) is 8.87. The number of esters is 1. The molecule has 1 N–H and O–H groups in total. The number of hydroxylamine groups is 1. The highest BCUT2D eigenvalue weighted by Crippen LogP contribution is 2.23. The number of piperidine rings is 1. The van der Waals surface area contributed by atoms with E-state index >= 15 is 0 Å². The number of nitrogens with zero attached hydrogens (tertiary/aromatic N) is 2. The molecular weight excluding hydrogens is 422 g/mol. The highest BCUT2D eigenvalue weighted by molar-refractivity contribution is 5.83. The van der Waals surface area contributed by atoms with E-state index in [2.05, 4.69) is 5.48 Å². The molecule has 2 atom stereocenters.